The van der Waals surface area contributed by atoms with E-state index in [-0.39, 0.29) is 11.4 Å². The average Bonchev–Trinajstić information content (AvgIpc) is 2.36. The summed E-state index contributed by atoms with van der Waals surface area (Å²) in [6.45, 7) is 0. The summed E-state index contributed by atoms with van der Waals surface area (Å²) in [5, 5.41) is 10.3. The van der Waals surface area contributed by atoms with E-state index in [1.54, 1.807) is 6.07 Å². The van der Waals surface area contributed by atoms with Crippen LogP contribution >= 0.6 is 0 Å². The van der Waals surface area contributed by atoms with E-state index in [9.17, 15) is 9.50 Å². The van der Waals surface area contributed by atoms with Crippen LogP contribution in [0.2, 0.25) is 0 Å². The lowest BCUT2D eigenvalue weighted by Crippen LogP contribution is -2.41. The minimum absolute atomic E-state index is 0.231. The zero-order valence-corrected chi connectivity index (χ0v) is 11.2. The second kappa shape index (κ2) is 5.12. The number of ether oxygens (including phenoxy) is 1. The van der Waals surface area contributed by atoms with Crippen molar-refractivity contribution in [2.24, 2.45) is 0 Å². The van der Waals surface area contributed by atoms with E-state index < -0.39 is 6.10 Å². The molecule has 0 unspecified atom stereocenters. The maximum absolute atomic E-state index is 13.3. The molecule has 1 aliphatic carbocycles. The van der Waals surface area contributed by atoms with Gasteiger partial charge in [0, 0.05) is 12.0 Å². The topological polar surface area (TPSA) is 29.5 Å². The van der Waals surface area contributed by atoms with Crippen molar-refractivity contribution in [1.29, 1.82) is 0 Å². The second-order valence-electron chi connectivity index (χ2n) is 5.95. The first-order valence-corrected chi connectivity index (χ1v) is 7.35. The average molecular weight is 264 g/mol. The monoisotopic (exact) mass is 264 g/mol. The molecule has 0 aromatic heterocycles. The first kappa shape index (κ1) is 12.9. The normalized spacial score (nSPS) is 26.1. The molecule has 1 aliphatic heterocycles. The Kier molecular flexibility index (Phi) is 3.48. The number of hydrogen-bond acceptors (Lipinski definition) is 2. The van der Waals surface area contributed by atoms with E-state index in [0.717, 1.165) is 25.7 Å². The van der Waals surface area contributed by atoms with Crippen LogP contribution in [0.5, 0.6) is 5.75 Å². The van der Waals surface area contributed by atoms with E-state index in [0.29, 0.717) is 17.7 Å². The highest BCUT2D eigenvalue weighted by molar-refractivity contribution is 5.38. The quantitative estimate of drug-likeness (QED) is 0.763. The van der Waals surface area contributed by atoms with Crippen LogP contribution in [0.15, 0.2) is 18.2 Å². The molecule has 19 heavy (non-hydrogen) atoms. The van der Waals surface area contributed by atoms with Crippen molar-refractivity contribution in [3.63, 3.8) is 0 Å². The standard InChI is InChI=1S/C16H21FO2/c17-12-6-7-15-13(10-12)14(18)11-16(19-15)8-4-2-1-3-5-9-16/h6-7,10,14,18H,1-5,8-9,11H2/t14-/m0/s1. The summed E-state index contributed by atoms with van der Waals surface area (Å²) in [7, 11) is 0. The van der Waals surface area contributed by atoms with Crippen LogP contribution in [0.4, 0.5) is 4.39 Å². The fourth-order valence-electron chi connectivity index (χ4n) is 3.47. The SMILES string of the molecule is O[C@H]1CC2(CCCCCCC2)Oc2ccc(F)cc21. The summed E-state index contributed by atoms with van der Waals surface area (Å²) in [5.41, 5.74) is 0.373. The van der Waals surface area contributed by atoms with Crippen molar-refractivity contribution in [2.75, 3.05) is 0 Å². The van der Waals surface area contributed by atoms with Gasteiger partial charge < -0.3 is 9.84 Å². The Morgan fingerprint density at radius 1 is 1.11 bits per heavy atom. The number of fused-ring (bicyclic) bond motifs is 1. The second-order valence-corrected chi connectivity index (χ2v) is 5.95. The molecule has 1 spiro atoms. The number of benzene rings is 1. The van der Waals surface area contributed by atoms with Gasteiger partial charge in [-0.05, 0) is 43.9 Å². The van der Waals surface area contributed by atoms with E-state index in [2.05, 4.69) is 0 Å². The largest absolute Gasteiger partial charge is 0.487 e. The van der Waals surface area contributed by atoms with Gasteiger partial charge in [-0.2, -0.15) is 0 Å². The summed E-state index contributed by atoms with van der Waals surface area (Å²) < 4.78 is 19.4. The van der Waals surface area contributed by atoms with Gasteiger partial charge >= 0.3 is 0 Å². The van der Waals surface area contributed by atoms with Crippen LogP contribution in [0.25, 0.3) is 0 Å². The highest BCUT2D eigenvalue weighted by Gasteiger charge is 2.40. The zero-order valence-electron chi connectivity index (χ0n) is 11.2. The maximum atomic E-state index is 13.3. The summed E-state index contributed by atoms with van der Waals surface area (Å²) in [6, 6.07) is 4.47. The van der Waals surface area contributed by atoms with Crippen molar-refractivity contribution < 1.29 is 14.2 Å². The van der Waals surface area contributed by atoms with Gasteiger partial charge in [0.25, 0.3) is 0 Å². The molecule has 2 aliphatic rings. The van der Waals surface area contributed by atoms with Crippen LogP contribution < -0.4 is 4.74 Å². The summed E-state index contributed by atoms with van der Waals surface area (Å²) in [6.07, 6.45) is 8.12. The maximum Gasteiger partial charge on any atom is 0.126 e. The molecule has 0 saturated heterocycles. The number of rotatable bonds is 0. The fraction of sp³-hybridized carbons (Fsp3) is 0.625. The third-order valence-corrected chi connectivity index (χ3v) is 4.49. The van der Waals surface area contributed by atoms with Gasteiger partial charge in [0.05, 0.1) is 6.10 Å². The van der Waals surface area contributed by atoms with Crippen molar-refractivity contribution in [2.45, 2.75) is 63.1 Å². The predicted molar refractivity (Wildman–Crippen MR) is 71.7 cm³/mol. The molecule has 1 N–H and O–H groups in total. The van der Waals surface area contributed by atoms with Gasteiger partial charge in [0.15, 0.2) is 0 Å². The van der Waals surface area contributed by atoms with Crippen molar-refractivity contribution in [1.82, 2.24) is 0 Å². The Bertz CT molecular complexity index is 450. The smallest absolute Gasteiger partial charge is 0.126 e. The molecule has 0 radical (unpaired) electrons. The van der Waals surface area contributed by atoms with Crippen molar-refractivity contribution in [3.8, 4) is 5.75 Å². The van der Waals surface area contributed by atoms with Gasteiger partial charge in [0.1, 0.15) is 17.2 Å². The molecule has 3 heteroatoms. The minimum Gasteiger partial charge on any atom is -0.487 e. The lowest BCUT2D eigenvalue weighted by atomic mass is 9.79. The van der Waals surface area contributed by atoms with Gasteiger partial charge in [-0.3, -0.25) is 0 Å². The van der Waals surface area contributed by atoms with Gasteiger partial charge in [-0.1, -0.05) is 19.3 Å². The summed E-state index contributed by atoms with van der Waals surface area (Å²) in [5.74, 6) is 0.357. The first-order chi connectivity index (χ1) is 9.19. The van der Waals surface area contributed by atoms with E-state index in [1.165, 1.54) is 31.4 Å². The number of hydrogen-bond donors (Lipinski definition) is 1. The van der Waals surface area contributed by atoms with Crippen molar-refractivity contribution in [3.05, 3.63) is 29.6 Å². The molecule has 1 atom stereocenters. The zero-order chi connectivity index (χ0) is 13.3. The number of aliphatic hydroxyl groups excluding tert-OH is 1. The lowest BCUT2D eigenvalue weighted by Gasteiger charge is -2.42. The predicted octanol–water partition coefficient (Wildman–Crippen LogP) is 4.12. The minimum atomic E-state index is -0.598. The summed E-state index contributed by atoms with van der Waals surface area (Å²) >= 11 is 0. The lowest BCUT2D eigenvalue weighted by molar-refractivity contribution is -0.0314. The molecule has 0 amide bonds. The molecule has 0 bridgehead atoms. The Hall–Kier alpha value is -1.09. The number of halogens is 1. The van der Waals surface area contributed by atoms with Gasteiger partial charge in [0.2, 0.25) is 0 Å². The summed E-state index contributed by atoms with van der Waals surface area (Å²) in [4.78, 5) is 0. The highest BCUT2D eigenvalue weighted by Crippen LogP contribution is 2.45. The third kappa shape index (κ3) is 2.62. The molecule has 1 aromatic carbocycles. The molecule has 1 saturated carbocycles. The van der Waals surface area contributed by atoms with Crippen molar-refractivity contribution >= 4 is 0 Å². The Balaban J connectivity index is 1.88. The van der Waals surface area contributed by atoms with Crippen LogP contribution in [0.3, 0.4) is 0 Å². The molecule has 104 valence electrons. The molecular formula is C16H21FO2. The van der Waals surface area contributed by atoms with E-state index in [4.69, 9.17) is 4.74 Å². The molecule has 1 fully saturated rings. The van der Waals surface area contributed by atoms with Crippen LogP contribution in [-0.4, -0.2) is 10.7 Å². The highest BCUT2D eigenvalue weighted by atomic mass is 19.1. The molecule has 2 nitrogen and oxygen atoms in total. The molecule has 1 heterocycles. The molecular weight excluding hydrogens is 243 g/mol. The van der Waals surface area contributed by atoms with Gasteiger partial charge in [-0.15, -0.1) is 0 Å². The molecule has 3 rings (SSSR count). The third-order valence-electron chi connectivity index (χ3n) is 4.49. The van der Waals surface area contributed by atoms with Gasteiger partial charge in [-0.25, -0.2) is 4.39 Å². The van der Waals surface area contributed by atoms with E-state index >= 15 is 0 Å². The Morgan fingerprint density at radius 2 is 1.79 bits per heavy atom. The number of aliphatic hydroxyl groups is 1. The van der Waals surface area contributed by atoms with Crippen LogP contribution in [-0.2, 0) is 0 Å². The van der Waals surface area contributed by atoms with E-state index in [1.807, 2.05) is 0 Å². The van der Waals surface area contributed by atoms with Crippen LogP contribution in [0.1, 0.15) is 63.0 Å². The first-order valence-electron chi connectivity index (χ1n) is 7.35. The van der Waals surface area contributed by atoms with Crippen LogP contribution in [0, 0.1) is 5.82 Å². The molecule has 1 aromatic rings. The fourth-order valence-corrected chi connectivity index (χ4v) is 3.47. The Morgan fingerprint density at radius 3 is 2.53 bits per heavy atom. The Labute approximate surface area is 113 Å².